The number of anilines is 1. The van der Waals surface area contributed by atoms with Crippen molar-refractivity contribution >= 4 is 54.3 Å². The lowest BCUT2D eigenvalue weighted by Gasteiger charge is -2.25. The Morgan fingerprint density at radius 1 is 0.658 bits per heavy atom. The summed E-state index contributed by atoms with van der Waals surface area (Å²) in [6, 6.07) is 32.8. The summed E-state index contributed by atoms with van der Waals surface area (Å²) in [7, 11) is -4.33. The van der Waals surface area contributed by atoms with Gasteiger partial charge in [0.15, 0.2) is 5.75 Å². The summed E-state index contributed by atoms with van der Waals surface area (Å²) < 4.78 is 34.8. The first-order chi connectivity index (χ1) is 18.4. The molecule has 1 amide bonds. The van der Waals surface area contributed by atoms with Gasteiger partial charge in [-0.05, 0) is 58.4 Å². The van der Waals surface area contributed by atoms with Gasteiger partial charge in [-0.3, -0.25) is 4.79 Å². The molecule has 5 rings (SSSR count). The highest BCUT2D eigenvalue weighted by Crippen LogP contribution is 2.42. The Kier molecular flexibility index (Phi) is 7.09. The maximum atomic E-state index is 14.0. The number of hydrogen-bond donors (Lipinski definition) is 0. The predicted molar refractivity (Wildman–Crippen MR) is 150 cm³/mol. The van der Waals surface area contributed by atoms with E-state index in [0.717, 1.165) is 4.31 Å². The van der Waals surface area contributed by atoms with Gasteiger partial charge in [0.05, 0.1) is 20.6 Å². The first-order valence-corrected chi connectivity index (χ1v) is 13.8. The van der Waals surface area contributed by atoms with Gasteiger partial charge in [0.2, 0.25) is 0 Å². The van der Waals surface area contributed by atoms with Gasteiger partial charge in [-0.2, -0.15) is 4.31 Å². The molecule has 0 saturated heterocycles. The number of carbonyl (C=O) groups is 2. The molecule has 0 aliphatic rings. The molecule has 0 heterocycles. The fraction of sp³-hybridized carbons (Fsp3) is 0. The molecule has 0 radical (unpaired) electrons. The maximum Gasteiger partial charge on any atom is 0.343 e. The molecule has 6 nitrogen and oxygen atoms in total. The molecule has 0 spiro atoms. The standard InChI is InChI=1S/C30H20BrNO5S/c31-26-20-27(24-18-10-11-19-25(24)28(26)37-30(34)22-14-6-2-7-15-22)32(29(33)21-12-4-1-5-13-21)38(35,36)23-16-8-3-9-17-23/h1-20H. The minimum Gasteiger partial charge on any atom is -0.421 e. The van der Waals surface area contributed by atoms with E-state index in [1.807, 2.05) is 0 Å². The number of carbonyl (C=O) groups excluding carboxylic acids is 2. The second-order valence-corrected chi connectivity index (χ2v) is 10.9. The summed E-state index contributed by atoms with van der Waals surface area (Å²) in [5.74, 6) is -1.08. The van der Waals surface area contributed by atoms with Crippen LogP contribution in [0.1, 0.15) is 20.7 Å². The van der Waals surface area contributed by atoms with Gasteiger partial charge in [-0.1, -0.05) is 78.9 Å². The van der Waals surface area contributed by atoms with Crippen molar-refractivity contribution in [3.8, 4) is 5.75 Å². The van der Waals surface area contributed by atoms with Gasteiger partial charge in [-0.25, -0.2) is 13.2 Å². The van der Waals surface area contributed by atoms with Crippen LogP contribution in [0.15, 0.2) is 131 Å². The summed E-state index contributed by atoms with van der Waals surface area (Å²) in [4.78, 5) is 26.6. The Labute approximate surface area is 228 Å². The van der Waals surface area contributed by atoms with Gasteiger partial charge < -0.3 is 4.74 Å². The largest absolute Gasteiger partial charge is 0.421 e. The van der Waals surface area contributed by atoms with Gasteiger partial charge >= 0.3 is 5.97 Å². The number of fused-ring (bicyclic) bond motifs is 1. The van der Waals surface area contributed by atoms with Crippen molar-refractivity contribution in [2.75, 3.05) is 4.31 Å². The Balaban J connectivity index is 1.71. The third kappa shape index (κ3) is 4.83. The lowest BCUT2D eigenvalue weighted by Crippen LogP contribution is -2.37. The van der Waals surface area contributed by atoms with Crippen molar-refractivity contribution in [3.05, 3.63) is 137 Å². The SMILES string of the molecule is O=C(Oc1c(Br)cc(N(C(=O)c2ccccc2)S(=O)(=O)c2ccccc2)c2ccccc12)c1ccccc1. The average Bonchev–Trinajstić information content (AvgIpc) is 2.96. The van der Waals surface area contributed by atoms with E-state index >= 15 is 0 Å². The number of esters is 1. The molecule has 0 saturated carbocycles. The number of hydrogen-bond acceptors (Lipinski definition) is 5. The highest BCUT2D eigenvalue weighted by Gasteiger charge is 2.34. The van der Waals surface area contributed by atoms with Crippen molar-refractivity contribution in [2.24, 2.45) is 0 Å². The molecule has 38 heavy (non-hydrogen) atoms. The Morgan fingerprint density at radius 3 is 1.76 bits per heavy atom. The molecule has 0 atom stereocenters. The lowest BCUT2D eigenvalue weighted by molar-refractivity contribution is 0.0735. The van der Waals surface area contributed by atoms with Crippen LogP contribution in [-0.4, -0.2) is 20.3 Å². The number of rotatable bonds is 6. The van der Waals surface area contributed by atoms with Crippen LogP contribution in [0.2, 0.25) is 0 Å². The van der Waals surface area contributed by atoms with Crippen LogP contribution in [-0.2, 0) is 10.0 Å². The predicted octanol–water partition coefficient (Wildman–Crippen LogP) is 6.86. The molecule has 0 aliphatic heterocycles. The second-order valence-electron chi connectivity index (χ2n) is 8.26. The second kappa shape index (κ2) is 10.6. The fourth-order valence-corrected chi connectivity index (χ4v) is 5.99. The first-order valence-electron chi connectivity index (χ1n) is 11.6. The molecule has 0 fully saturated rings. The lowest BCUT2D eigenvalue weighted by atomic mass is 10.1. The van der Waals surface area contributed by atoms with E-state index in [1.165, 1.54) is 18.2 Å². The number of sulfonamides is 1. The maximum absolute atomic E-state index is 14.0. The number of amides is 1. The third-order valence-electron chi connectivity index (χ3n) is 5.84. The van der Waals surface area contributed by atoms with Crippen molar-refractivity contribution in [1.82, 2.24) is 0 Å². The normalized spacial score (nSPS) is 11.2. The van der Waals surface area contributed by atoms with Crippen LogP contribution in [0.25, 0.3) is 10.8 Å². The molecule has 5 aromatic rings. The summed E-state index contributed by atoms with van der Waals surface area (Å²) in [5.41, 5.74) is 0.677. The first kappa shape index (κ1) is 25.4. The van der Waals surface area contributed by atoms with Gasteiger partial charge in [0, 0.05) is 16.3 Å². The molecule has 0 aliphatic carbocycles. The zero-order chi connectivity index (χ0) is 26.7. The number of halogens is 1. The van der Waals surface area contributed by atoms with E-state index in [0.29, 0.717) is 20.8 Å². The van der Waals surface area contributed by atoms with E-state index in [1.54, 1.807) is 103 Å². The Bertz CT molecular complexity index is 1740. The summed E-state index contributed by atoms with van der Waals surface area (Å²) in [5, 5.41) is 0.866. The number of ether oxygens (including phenoxy) is 1. The van der Waals surface area contributed by atoms with E-state index in [9.17, 15) is 18.0 Å². The van der Waals surface area contributed by atoms with Crippen LogP contribution in [0.4, 0.5) is 5.69 Å². The van der Waals surface area contributed by atoms with E-state index in [2.05, 4.69) is 15.9 Å². The molecular formula is C30H20BrNO5S. The monoisotopic (exact) mass is 585 g/mol. The molecule has 0 unspecified atom stereocenters. The van der Waals surface area contributed by atoms with Crippen LogP contribution in [0.5, 0.6) is 5.75 Å². The zero-order valence-corrected chi connectivity index (χ0v) is 22.2. The highest BCUT2D eigenvalue weighted by atomic mass is 79.9. The fourth-order valence-electron chi connectivity index (χ4n) is 4.04. The van der Waals surface area contributed by atoms with Crippen molar-refractivity contribution < 1.29 is 22.7 Å². The quantitative estimate of drug-likeness (QED) is 0.161. The number of nitrogens with zero attached hydrogens (tertiary/aromatic N) is 1. The molecule has 0 aromatic heterocycles. The van der Waals surface area contributed by atoms with Gasteiger partial charge in [0.25, 0.3) is 15.9 Å². The molecular weight excluding hydrogens is 566 g/mol. The minimum absolute atomic E-state index is 0.0379. The Hall–Kier alpha value is -4.27. The molecule has 5 aromatic carbocycles. The van der Waals surface area contributed by atoms with E-state index in [-0.39, 0.29) is 21.9 Å². The third-order valence-corrected chi connectivity index (χ3v) is 8.14. The molecule has 8 heteroatoms. The van der Waals surface area contributed by atoms with Crippen LogP contribution in [0.3, 0.4) is 0 Å². The summed E-state index contributed by atoms with van der Waals surface area (Å²) in [6.07, 6.45) is 0. The smallest absolute Gasteiger partial charge is 0.343 e. The summed E-state index contributed by atoms with van der Waals surface area (Å²) in [6.45, 7) is 0. The highest BCUT2D eigenvalue weighted by molar-refractivity contribution is 9.10. The molecule has 0 N–H and O–H groups in total. The van der Waals surface area contributed by atoms with Gasteiger partial charge in [0.1, 0.15) is 0 Å². The minimum atomic E-state index is -4.33. The molecule has 0 bridgehead atoms. The van der Waals surface area contributed by atoms with Crippen molar-refractivity contribution in [1.29, 1.82) is 0 Å². The van der Waals surface area contributed by atoms with Crippen molar-refractivity contribution in [3.63, 3.8) is 0 Å². The van der Waals surface area contributed by atoms with Crippen LogP contribution >= 0.6 is 15.9 Å². The number of benzene rings is 5. The van der Waals surface area contributed by atoms with E-state index in [4.69, 9.17) is 4.74 Å². The van der Waals surface area contributed by atoms with Crippen molar-refractivity contribution in [2.45, 2.75) is 4.90 Å². The topological polar surface area (TPSA) is 80.8 Å². The Morgan fingerprint density at radius 2 is 1.16 bits per heavy atom. The zero-order valence-electron chi connectivity index (χ0n) is 19.8. The average molecular weight is 586 g/mol. The summed E-state index contributed by atoms with van der Waals surface area (Å²) >= 11 is 3.46. The van der Waals surface area contributed by atoms with Crippen LogP contribution < -0.4 is 9.04 Å². The van der Waals surface area contributed by atoms with E-state index < -0.39 is 21.9 Å². The van der Waals surface area contributed by atoms with Gasteiger partial charge in [-0.15, -0.1) is 0 Å². The van der Waals surface area contributed by atoms with Crippen LogP contribution in [0, 0.1) is 0 Å². The molecule has 188 valence electrons.